The van der Waals surface area contributed by atoms with Crippen molar-refractivity contribution in [2.45, 2.75) is 45.6 Å². The van der Waals surface area contributed by atoms with Crippen LogP contribution in [-0.2, 0) is 0 Å². The van der Waals surface area contributed by atoms with Gasteiger partial charge in [-0.25, -0.2) is 0 Å². The Morgan fingerprint density at radius 1 is 1.06 bits per heavy atom. The molecule has 18 heavy (non-hydrogen) atoms. The van der Waals surface area contributed by atoms with E-state index in [1.165, 1.54) is 58.4 Å². The molecule has 0 aromatic heterocycles. The van der Waals surface area contributed by atoms with Gasteiger partial charge < -0.3 is 4.90 Å². The van der Waals surface area contributed by atoms with E-state index in [0.717, 1.165) is 23.2 Å². The minimum absolute atomic E-state index is 0.789. The Hall–Kier alpha value is 0.400. The average molecular weight is 317 g/mol. The van der Waals surface area contributed by atoms with E-state index in [2.05, 4.69) is 39.6 Å². The molecule has 1 aliphatic carbocycles. The van der Waals surface area contributed by atoms with Gasteiger partial charge in [-0.15, -0.1) is 0 Å². The summed E-state index contributed by atoms with van der Waals surface area (Å²) in [6.07, 6.45) is 5.83. The average Bonchev–Trinajstić information content (AvgIpc) is 2.90. The van der Waals surface area contributed by atoms with Gasteiger partial charge in [-0.2, -0.15) is 0 Å². The topological polar surface area (TPSA) is 6.48 Å². The molecule has 2 aliphatic rings. The molecule has 3 heteroatoms. The standard InChI is InChI=1S/C15H29BrN2/c1-13(2)14(11-16)12-17-7-9-18(10-8-17)15-5-3-4-6-15/h13-15H,3-12H2,1-2H3. The van der Waals surface area contributed by atoms with Crippen LogP contribution in [0.5, 0.6) is 0 Å². The Labute approximate surface area is 121 Å². The zero-order valence-corrected chi connectivity index (χ0v) is 13.7. The smallest absolute Gasteiger partial charge is 0.0113 e. The lowest BCUT2D eigenvalue weighted by Crippen LogP contribution is -2.51. The molecule has 0 bridgehead atoms. The van der Waals surface area contributed by atoms with Crippen molar-refractivity contribution in [1.29, 1.82) is 0 Å². The van der Waals surface area contributed by atoms with Crippen molar-refractivity contribution in [2.24, 2.45) is 11.8 Å². The first-order chi connectivity index (χ1) is 8.70. The molecule has 0 aromatic carbocycles. The van der Waals surface area contributed by atoms with E-state index >= 15 is 0 Å². The first-order valence-electron chi connectivity index (χ1n) is 7.73. The highest BCUT2D eigenvalue weighted by atomic mass is 79.9. The number of halogens is 1. The van der Waals surface area contributed by atoms with Gasteiger partial charge in [0.2, 0.25) is 0 Å². The Morgan fingerprint density at radius 3 is 2.17 bits per heavy atom. The van der Waals surface area contributed by atoms with Crippen LogP contribution >= 0.6 is 15.9 Å². The van der Waals surface area contributed by atoms with Crippen LogP contribution in [0.2, 0.25) is 0 Å². The van der Waals surface area contributed by atoms with Crippen LogP contribution in [0.4, 0.5) is 0 Å². The van der Waals surface area contributed by atoms with Crippen LogP contribution in [0.3, 0.4) is 0 Å². The number of piperazine rings is 1. The SMILES string of the molecule is CC(C)C(CBr)CN1CCN(C2CCCC2)CC1. The fourth-order valence-electron chi connectivity index (χ4n) is 3.35. The van der Waals surface area contributed by atoms with Gasteiger partial charge >= 0.3 is 0 Å². The molecule has 0 N–H and O–H groups in total. The van der Waals surface area contributed by atoms with E-state index in [4.69, 9.17) is 0 Å². The zero-order chi connectivity index (χ0) is 13.0. The fourth-order valence-corrected chi connectivity index (χ4v) is 4.30. The highest BCUT2D eigenvalue weighted by Gasteiger charge is 2.27. The van der Waals surface area contributed by atoms with Gasteiger partial charge in [-0.3, -0.25) is 4.90 Å². The number of hydrogen-bond acceptors (Lipinski definition) is 2. The molecule has 2 fully saturated rings. The molecule has 1 saturated carbocycles. The summed E-state index contributed by atoms with van der Waals surface area (Å²) in [6.45, 7) is 11.2. The molecular formula is C15H29BrN2. The quantitative estimate of drug-likeness (QED) is 0.719. The lowest BCUT2D eigenvalue weighted by atomic mass is 9.97. The first kappa shape index (κ1) is 14.8. The van der Waals surface area contributed by atoms with Crippen molar-refractivity contribution < 1.29 is 0 Å². The molecule has 2 nitrogen and oxygen atoms in total. The summed E-state index contributed by atoms with van der Waals surface area (Å²) in [5.41, 5.74) is 0. The second-order valence-electron chi connectivity index (χ2n) is 6.43. The second kappa shape index (κ2) is 7.25. The number of alkyl halides is 1. The van der Waals surface area contributed by atoms with Crippen molar-refractivity contribution in [3.05, 3.63) is 0 Å². The van der Waals surface area contributed by atoms with Crippen LogP contribution in [0.1, 0.15) is 39.5 Å². The summed E-state index contributed by atoms with van der Waals surface area (Å²) in [5.74, 6) is 1.60. The molecule has 2 rings (SSSR count). The summed E-state index contributed by atoms with van der Waals surface area (Å²) in [7, 11) is 0. The molecule has 106 valence electrons. The molecule has 1 atom stereocenters. The molecule has 0 spiro atoms. The van der Waals surface area contributed by atoms with E-state index in [-0.39, 0.29) is 0 Å². The molecule has 0 aromatic rings. The van der Waals surface area contributed by atoms with E-state index < -0.39 is 0 Å². The van der Waals surface area contributed by atoms with E-state index in [1.807, 2.05) is 0 Å². The van der Waals surface area contributed by atoms with Crippen molar-refractivity contribution >= 4 is 15.9 Å². The number of hydrogen-bond donors (Lipinski definition) is 0. The Morgan fingerprint density at radius 2 is 1.67 bits per heavy atom. The minimum atomic E-state index is 0.789. The lowest BCUT2D eigenvalue weighted by Gasteiger charge is -2.39. The Kier molecular flexibility index (Phi) is 5.96. The fraction of sp³-hybridized carbons (Fsp3) is 1.00. The predicted molar refractivity (Wildman–Crippen MR) is 82.4 cm³/mol. The maximum Gasteiger partial charge on any atom is 0.0113 e. The van der Waals surface area contributed by atoms with Gasteiger partial charge in [0.05, 0.1) is 0 Å². The normalized spacial score (nSPS) is 26.0. The lowest BCUT2D eigenvalue weighted by molar-refractivity contribution is 0.0849. The van der Waals surface area contributed by atoms with Crippen LogP contribution < -0.4 is 0 Å². The maximum atomic E-state index is 3.67. The van der Waals surface area contributed by atoms with E-state index in [9.17, 15) is 0 Å². The molecule has 1 unspecified atom stereocenters. The molecular weight excluding hydrogens is 288 g/mol. The summed E-state index contributed by atoms with van der Waals surface area (Å²) >= 11 is 3.67. The van der Waals surface area contributed by atoms with Crippen molar-refractivity contribution in [3.8, 4) is 0 Å². The van der Waals surface area contributed by atoms with E-state index in [1.54, 1.807) is 0 Å². The van der Waals surface area contributed by atoms with Crippen LogP contribution in [0.25, 0.3) is 0 Å². The predicted octanol–water partition coefficient (Wildman–Crippen LogP) is 3.21. The van der Waals surface area contributed by atoms with Gasteiger partial charge in [0, 0.05) is 44.1 Å². The van der Waals surface area contributed by atoms with Crippen molar-refractivity contribution in [1.82, 2.24) is 9.80 Å². The molecule has 1 heterocycles. The third kappa shape index (κ3) is 3.94. The summed E-state index contributed by atoms with van der Waals surface area (Å²) in [4.78, 5) is 5.43. The minimum Gasteiger partial charge on any atom is -0.300 e. The van der Waals surface area contributed by atoms with Crippen molar-refractivity contribution in [3.63, 3.8) is 0 Å². The Balaban J connectivity index is 1.72. The zero-order valence-electron chi connectivity index (χ0n) is 12.1. The summed E-state index contributed by atoms with van der Waals surface area (Å²) in [5, 5.41) is 1.15. The van der Waals surface area contributed by atoms with Crippen LogP contribution in [0, 0.1) is 11.8 Å². The van der Waals surface area contributed by atoms with Crippen LogP contribution in [-0.4, -0.2) is 53.9 Å². The molecule has 1 saturated heterocycles. The van der Waals surface area contributed by atoms with Gasteiger partial charge in [0.15, 0.2) is 0 Å². The van der Waals surface area contributed by atoms with Gasteiger partial charge in [0.25, 0.3) is 0 Å². The highest BCUT2D eigenvalue weighted by molar-refractivity contribution is 9.09. The van der Waals surface area contributed by atoms with Crippen LogP contribution in [0.15, 0.2) is 0 Å². The molecule has 1 aliphatic heterocycles. The maximum absolute atomic E-state index is 3.67. The molecule has 0 radical (unpaired) electrons. The van der Waals surface area contributed by atoms with Gasteiger partial charge in [0.1, 0.15) is 0 Å². The molecule has 0 amide bonds. The third-order valence-corrected chi connectivity index (χ3v) is 5.71. The summed E-state index contributed by atoms with van der Waals surface area (Å²) < 4.78 is 0. The van der Waals surface area contributed by atoms with Crippen molar-refractivity contribution in [2.75, 3.05) is 38.1 Å². The van der Waals surface area contributed by atoms with Gasteiger partial charge in [-0.1, -0.05) is 42.6 Å². The number of rotatable bonds is 5. The third-order valence-electron chi connectivity index (χ3n) is 4.88. The van der Waals surface area contributed by atoms with E-state index in [0.29, 0.717) is 0 Å². The Bertz CT molecular complexity index is 231. The van der Waals surface area contributed by atoms with Gasteiger partial charge in [-0.05, 0) is 24.7 Å². The highest BCUT2D eigenvalue weighted by Crippen LogP contribution is 2.24. The second-order valence-corrected chi connectivity index (χ2v) is 7.08. The first-order valence-corrected chi connectivity index (χ1v) is 8.85. The largest absolute Gasteiger partial charge is 0.300 e. The summed E-state index contributed by atoms with van der Waals surface area (Å²) in [6, 6.07) is 0.921. The number of nitrogens with zero attached hydrogens (tertiary/aromatic N) is 2. The monoisotopic (exact) mass is 316 g/mol.